The number of anilines is 2. The quantitative estimate of drug-likeness (QED) is 0.0508. The Labute approximate surface area is 304 Å². The lowest BCUT2D eigenvalue weighted by atomic mass is 9.99. The Balaban J connectivity index is 1.90. The molecule has 4 N–H and O–H groups in total. The predicted molar refractivity (Wildman–Crippen MR) is 182 cm³/mol. The summed E-state index contributed by atoms with van der Waals surface area (Å²) in [5, 5.41) is 5.77. The molecule has 14 nitrogen and oxygen atoms in total. The minimum atomic E-state index is -5.60. The third-order valence-corrected chi connectivity index (χ3v) is 9.94. The molecule has 20 heteroatoms. The van der Waals surface area contributed by atoms with Gasteiger partial charge in [0.1, 0.15) is 11.8 Å². The molecule has 1 heterocycles. The highest BCUT2D eigenvalue weighted by Gasteiger charge is 2.43. The highest BCUT2D eigenvalue weighted by Crippen LogP contribution is 2.34. The number of nitrogens with one attached hydrogen (secondary N) is 2. The molecule has 0 aliphatic heterocycles. The summed E-state index contributed by atoms with van der Waals surface area (Å²) in [5.41, 5.74) is -0.475. The molecule has 0 radical (unpaired) electrons. The Morgan fingerprint density at radius 2 is 1.69 bits per heavy atom. The third kappa shape index (κ3) is 9.95. The molecule has 0 fully saturated rings. The van der Waals surface area contributed by atoms with Crippen LogP contribution in [0.4, 0.5) is 38.1 Å². The number of hydrogen-bond acceptors (Lipinski definition) is 12. The summed E-state index contributed by atoms with van der Waals surface area (Å²) in [6.45, 7) is -0.655. The number of carbonyl (C=O) groups excluding carboxylic acids is 4. The molecule has 2 atom stereocenters. The number of sulfone groups is 1. The Bertz CT molecular complexity index is 2150. The van der Waals surface area contributed by atoms with E-state index in [0.717, 1.165) is 42.5 Å². The van der Waals surface area contributed by atoms with Crippen LogP contribution in [-0.4, -0.2) is 62.5 Å². The maximum Gasteiger partial charge on any atom is 0.491 e. The van der Waals surface area contributed by atoms with Crippen LogP contribution < -0.4 is 26.2 Å². The van der Waals surface area contributed by atoms with E-state index in [1.807, 2.05) is 0 Å². The van der Waals surface area contributed by atoms with E-state index < -0.39 is 86.5 Å². The number of hydrogen-bond donors (Lipinski definition) is 3. The number of pyridine rings is 1. The van der Waals surface area contributed by atoms with Gasteiger partial charge in [0.25, 0.3) is 0 Å². The van der Waals surface area contributed by atoms with Gasteiger partial charge in [0.15, 0.2) is 9.84 Å². The average Bonchev–Trinajstić information content (AvgIpc) is 3.10. The smallest absolute Gasteiger partial charge is 0.453 e. The molecular weight excluding hydrogens is 749 g/mol. The van der Waals surface area contributed by atoms with Gasteiger partial charge in [-0.25, -0.2) is 23.8 Å². The zero-order chi connectivity index (χ0) is 40.0. The molecule has 0 aliphatic carbocycles. The zero-order valence-electron chi connectivity index (χ0n) is 28.5. The topological polar surface area (TPSA) is 196 Å². The Morgan fingerprint density at radius 3 is 2.33 bits per heavy atom. The van der Waals surface area contributed by atoms with Crippen LogP contribution in [0.15, 0.2) is 84.0 Å². The summed E-state index contributed by atoms with van der Waals surface area (Å²) in [6.07, 6.45) is -4.86. The second kappa shape index (κ2) is 16.8. The fraction of sp³-hybridized carbons (Fsp3) is 0.265. The summed E-state index contributed by atoms with van der Waals surface area (Å²) in [6, 6.07) is 10.7. The highest BCUT2D eigenvalue weighted by molar-refractivity contribution is 7.92. The molecule has 0 saturated carbocycles. The van der Waals surface area contributed by atoms with Crippen molar-refractivity contribution >= 4 is 55.9 Å². The standard InChI is InChI=1S/C34H32F5N5O9S/c1-18(2)54(49,50)27-10-8-22(42-33(48)51-3)15-25(27)26(16-28(45)53-31(47)34(37,38)39)43-30(46)29(20-5-4-6-24(14-20)52-32(35)36)44(40)23-9-7-21-17-41-12-11-19(21)13-23/h4-15,17-18,26,29,32H,16,40H2,1-3H3,(H,42,48)(H,43,46)/t26-,29-/m1/s1. The van der Waals surface area contributed by atoms with Crippen LogP contribution in [-0.2, 0) is 33.7 Å². The van der Waals surface area contributed by atoms with Gasteiger partial charge in [-0.05, 0) is 78.9 Å². The van der Waals surface area contributed by atoms with Gasteiger partial charge < -0.3 is 19.5 Å². The molecule has 4 aromatic rings. The lowest BCUT2D eigenvalue weighted by molar-refractivity contribution is -0.202. The maximum atomic E-state index is 14.4. The number of amides is 2. The van der Waals surface area contributed by atoms with Crippen molar-refractivity contribution < 1.29 is 63.8 Å². The van der Waals surface area contributed by atoms with Crippen molar-refractivity contribution in [1.29, 1.82) is 0 Å². The van der Waals surface area contributed by atoms with E-state index >= 15 is 0 Å². The number of nitrogens with two attached hydrogens (primary N) is 1. The first-order valence-electron chi connectivity index (χ1n) is 15.6. The zero-order valence-corrected chi connectivity index (χ0v) is 29.3. The van der Waals surface area contributed by atoms with Crippen LogP contribution in [0.2, 0.25) is 0 Å². The molecule has 54 heavy (non-hydrogen) atoms. The second-order valence-electron chi connectivity index (χ2n) is 11.7. The van der Waals surface area contributed by atoms with Gasteiger partial charge in [-0.15, -0.1) is 0 Å². The number of aromatic nitrogens is 1. The van der Waals surface area contributed by atoms with Crippen LogP contribution in [0.5, 0.6) is 5.75 Å². The van der Waals surface area contributed by atoms with E-state index in [2.05, 4.69) is 29.8 Å². The molecule has 0 bridgehead atoms. The van der Waals surface area contributed by atoms with Gasteiger partial charge in [0.2, 0.25) is 5.91 Å². The Morgan fingerprint density at radius 1 is 0.963 bits per heavy atom. The Kier molecular flexibility index (Phi) is 12.8. The molecule has 288 valence electrons. The van der Waals surface area contributed by atoms with Gasteiger partial charge in [-0.2, -0.15) is 22.0 Å². The first-order valence-corrected chi connectivity index (χ1v) is 17.1. The first-order chi connectivity index (χ1) is 25.3. The van der Waals surface area contributed by atoms with Crippen LogP contribution in [0.3, 0.4) is 0 Å². The van der Waals surface area contributed by atoms with Crippen molar-refractivity contribution in [1.82, 2.24) is 10.3 Å². The summed E-state index contributed by atoms with van der Waals surface area (Å²) in [5.74, 6) is 0.260. The number of hydrazine groups is 1. The molecule has 0 saturated heterocycles. The van der Waals surface area contributed by atoms with E-state index in [-0.39, 0.29) is 16.9 Å². The van der Waals surface area contributed by atoms with Crippen LogP contribution in [0.1, 0.15) is 43.5 Å². The minimum Gasteiger partial charge on any atom is -0.453 e. The SMILES string of the molecule is COC(=O)Nc1ccc(S(=O)(=O)C(C)C)c([C@@H](CC(=O)OC(=O)C(F)(F)F)NC(=O)[C@@H](c2cccc(OC(F)F)c2)N(N)c2ccc3cnccc3c2)c1. The lowest BCUT2D eigenvalue weighted by Gasteiger charge is -2.31. The molecular formula is C34H32F5N5O9S. The molecule has 0 spiro atoms. The van der Waals surface area contributed by atoms with Crippen molar-refractivity contribution in [2.75, 3.05) is 17.4 Å². The number of benzene rings is 3. The lowest BCUT2D eigenvalue weighted by Crippen LogP contribution is -2.46. The minimum absolute atomic E-state index is 0.0762. The fourth-order valence-corrected chi connectivity index (χ4v) is 6.41. The van der Waals surface area contributed by atoms with Crippen molar-refractivity contribution in [2.45, 2.75) is 55.3 Å². The molecule has 4 rings (SSSR count). The molecule has 0 unspecified atom stereocenters. The average molecular weight is 782 g/mol. The molecule has 3 aromatic carbocycles. The molecule has 2 amide bonds. The highest BCUT2D eigenvalue weighted by atomic mass is 32.2. The maximum absolute atomic E-state index is 14.4. The van der Waals surface area contributed by atoms with Crippen LogP contribution in [0.25, 0.3) is 10.8 Å². The van der Waals surface area contributed by atoms with E-state index in [1.54, 1.807) is 24.4 Å². The van der Waals surface area contributed by atoms with E-state index in [0.29, 0.717) is 10.8 Å². The number of methoxy groups -OCH3 is 1. The summed E-state index contributed by atoms with van der Waals surface area (Å²) < 4.78 is 106. The summed E-state index contributed by atoms with van der Waals surface area (Å²) >= 11 is 0. The number of ether oxygens (including phenoxy) is 3. The van der Waals surface area contributed by atoms with Crippen molar-refractivity contribution in [3.8, 4) is 5.75 Å². The monoisotopic (exact) mass is 781 g/mol. The van der Waals surface area contributed by atoms with Crippen molar-refractivity contribution in [3.05, 3.63) is 90.3 Å². The van der Waals surface area contributed by atoms with Crippen molar-refractivity contribution in [3.63, 3.8) is 0 Å². The van der Waals surface area contributed by atoms with Gasteiger partial charge in [-0.3, -0.25) is 24.9 Å². The predicted octanol–water partition coefficient (Wildman–Crippen LogP) is 5.50. The number of halogens is 5. The fourth-order valence-electron chi connectivity index (χ4n) is 5.12. The van der Waals surface area contributed by atoms with E-state index in [4.69, 9.17) is 5.84 Å². The van der Waals surface area contributed by atoms with Crippen molar-refractivity contribution in [2.24, 2.45) is 5.84 Å². The third-order valence-electron chi connectivity index (χ3n) is 7.72. The first kappa shape index (κ1) is 40.9. The largest absolute Gasteiger partial charge is 0.491 e. The molecule has 1 aromatic heterocycles. The van der Waals surface area contributed by atoms with Gasteiger partial charge >= 0.3 is 30.8 Å². The van der Waals surface area contributed by atoms with E-state index in [9.17, 15) is 49.5 Å². The number of carbonyl (C=O) groups is 4. The second-order valence-corrected chi connectivity index (χ2v) is 14.1. The normalized spacial score (nSPS) is 12.9. The molecule has 0 aliphatic rings. The summed E-state index contributed by atoms with van der Waals surface area (Å²) in [4.78, 5) is 54.4. The van der Waals surface area contributed by atoms with Gasteiger partial charge in [-0.1, -0.05) is 18.2 Å². The number of nitrogens with zero attached hydrogens (tertiary/aromatic N) is 2. The van der Waals surface area contributed by atoms with Gasteiger partial charge in [0, 0.05) is 23.5 Å². The number of alkyl halides is 5. The van der Waals surface area contributed by atoms with E-state index in [1.165, 1.54) is 38.2 Å². The van der Waals surface area contributed by atoms with Crippen LogP contribution >= 0.6 is 0 Å². The number of esters is 2. The number of fused-ring (bicyclic) bond motifs is 1. The van der Waals surface area contributed by atoms with Gasteiger partial charge in [0.05, 0.1) is 35.4 Å². The number of rotatable bonds is 13. The van der Waals surface area contributed by atoms with Crippen LogP contribution in [0, 0.1) is 0 Å². The summed E-state index contributed by atoms with van der Waals surface area (Å²) in [7, 11) is -3.29. The Hall–Kier alpha value is -5.89.